The van der Waals surface area contributed by atoms with Crippen LogP contribution < -0.4 is 4.90 Å². The zero-order valence-corrected chi connectivity index (χ0v) is 35.1. The minimum atomic E-state index is 0.317. The molecule has 14 rings (SSSR count). The summed E-state index contributed by atoms with van der Waals surface area (Å²) in [5, 5.41) is 7.52. The third kappa shape index (κ3) is 4.99. The number of rotatable bonds is 5. The fourth-order valence-corrected chi connectivity index (χ4v) is 11.6. The first-order chi connectivity index (χ1) is 31.8. The van der Waals surface area contributed by atoms with Crippen molar-refractivity contribution in [2.75, 3.05) is 4.90 Å². The highest BCUT2D eigenvalue weighted by Crippen LogP contribution is 2.47. The van der Waals surface area contributed by atoms with E-state index in [9.17, 15) is 0 Å². The number of hydrogen-bond donors (Lipinski definition) is 0. The van der Waals surface area contributed by atoms with E-state index < -0.39 is 0 Å². The van der Waals surface area contributed by atoms with Crippen molar-refractivity contribution in [2.45, 2.75) is 18.9 Å². The third-order valence-corrected chi connectivity index (χ3v) is 14.3. The van der Waals surface area contributed by atoms with E-state index in [1.165, 1.54) is 93.6 Å². The minimum absolute atomic E-state index is 0.317. The lowest BCUT2D eigenvalue weighted by Crippen LogP contribution is -2.32. The number of hydrogen-bond acceptors (Lipinski definition) is 1. The van der Waals surface area contributed by atoms with Gasteiger partial charge in [-0.3, -0.25) is 0 Å². The molecule has 1 aliphatic heterocycles. The van der Waals surface area contributed by atoms with Gasteiger partial charge in [0, 0.05) is 66.7 Å². The van der Waals surface area contributed by atoms with E-state index in [1.807, 2.05) is 0 Å². The number of fused-ring (bicyclic) bond motifs is 11. The molecule has 3 aromatic heterocycles. The number of anilines is 1. The molecule has 0 amide bonds. The molecule has 0 saturated heterocycles. The van der Waals surface area contributed by atoms with Gasteiger partial charge >= 0.3 is 0 Å². The Morgan fingerprint density at radius 3 is 1.61 bits per heavy atom. The van der Waals surface area contributed by atoms with Crippen molar-refractivity contribution in [1.29, 1.82) is 0 Å². The van der Waals surface area contributed by atoms with E-state index in [4.69, 9.17) is 0 Å². The number of nitrogens with zero attached hydrogens (tertiary/aromatic N) is 4. The first-order valence-electron chi connectivity index (χ1n) is 22.6. The quantitative estimate of drug-likeness (QED) is 0.169. The summed E-state index contributed by atoms with van der Waals surface area (Å²) in [6, 6.07) is 67.7. The van der Waals surface area contributed by atoms with Crippen molar-refractivity contribution in [3.8, 4) is 28.2 Å². The highest BCUT2D eigenvalue weighted by atomic mass is 15.2. The Bertz CT molecular complexity index is 3850. The number of allylic oxidation sites excluding steroid dienone is 4. The van der Waals surface area contributed by atoms with E-state index in [1.54, 1.807) is 5.57 Å². The molecule has 4 heterocycles. The zero-order chi connectivity index (χ0) is 41.9. The van der Waals surface area contributed by atoms with Gasteiger partial charge in [0.25, 0.3) is 0 Å². The average Bonchev–Trinajstić information content (AvgIpc) is 4.09. The van der Waals surface area contributed by atoms with Crippen molar-refractivity contribution in [1.82, 2.24) is 13.7 Å². The Morgan fingerprint density at radius 2 is 0.906 bits per heavy atom. The summed E-state index contributed by atoms with van der Waals surface area (Å²) in [6.07, 6.45) is 16.2. The molecule has 8 aromatic carbocycles. The molecule has 4 nitrogen and oxygen atoms in total. The van der Waals surface area contributed by atoms with Gasteiger partial charge in [0.05, 0.1) is 39.1 Å². The summed E-state index contributed by atoms with van der Waals surface area (Å²) in [5.74, 6) is 0.440. The predicted molar refractivity (Wildman–Crippen MR) is 268 cm³/mol. The van der Waals surface area contributed by atoms with Gasteiger partial charge in [0.1, 0.15) is 0 Å². The molecule has 64 heavy (non-hydrogen) atoms. The van der Waals surface area contributed by atoms with E-state index in [2.05, 4.69) is 237 Å². The Kier molecular flexibility index (Phi) is 7.61. The second kappa shape index (κ2) is 13.7. The van der Waals surface area contributed by atoms with Crippen LogP contribution in [0.5, 0.6) is 0 Å². The molecule has 2 atom stereocenters. The molecular formula is C60H42N4. The van der Waals surface area contributed by atoms with E-state index >= 15 is 0 Å². The molecule has 11 aromatic rings. The summed E-state index contributed by atoms with van der Waals surface area (Å²) < 4.78 is 7.32. The first kappa shape index (κ1) is 35.5. The molecule has 4 heteroatoms. The van der Waals surface area contributed by atoms with Crippen LogP contribution in [0, 0.1) is 5.92 Å². The molecule has 0 N–H and O–H groups in total. The highest BCUT2D eigenvalue weighted by Gasteiger charge is 2.39. The maximum absolute atomic E-state index is 2.56. The third-order valence-electron chi connectivity index (χ3n) is 14.3. The predicted octanol–water partition coefficient (Wildman–Crippen LogP) is 15.2. The normalized spacial score (nSPS) is 17.0. The number of para-hydroxylation sites is 4. The van der Waals surface area contributed by atoms with Crippen LogP contribution >= 0.6 is 0 Å². The van der Waals surface area contributed by atoms with Gasteiger partial charge in [-0.15, -0.1) is 0 Å². The van der Waals surface area contributed by atoms with Crippen LogP contribution in [0.1, 0.15) is 12.8 Å². The topological polar surface area (TPSA) is 18.0 Å². The summed E-state index contributed by atoms with van der Waals surface area (Å²) in [6.45, 7) is 0. The lowest BCUT2D eigenvalue weighted by molar-refractivity contribution is 0.658. The smallest absolute Gasteiger partial charge is 0.0626 e. The second-order valence-electron chi connectivity index (χ2n) is 17.5. The van der Waals surface area contributed by atoms with Crippen LogP contribution in [0.3, 0.4) is 0 Å². The van der Waals surface area contributed by atoms with Gasteiger partial charge in [-0.25, -0.2) is 0 Å². The summed E-state index contributed by atoms with van der Waals surface area (Å²) in [5.41, 5.74) is 17.3. The molecule has 0 fully saturated rings. The summed E-state index contributed by atoms with van der Waals surface area (Å²) >= 11 is 0. The van der Waals surface area contributed by atoms with Crippen LogP contribution in [-0.2, 0) is 0 Å². The number of aromatic nitrogens is 3. The summed E-state index contributed by atoms with van der Waals surface area (Å²) in [7, 11) is 0. The Labute approximate surface area is 370 Å². The van der Waals surface area contributed by atoms with Gasteiger partial charge in [-0.2, -0.15) is 0 Å². The average molecular weight is 819 g/mol. The SMILES string of the molecule is C1=CC2C3=C(C=CCC3)N(c3ccc(-n4c5ccccc5c5c(-c6cccc7c6c6ccccc6n7-c6ccc7c(c6)c6ccccc6n7-c6ccccc6)cccc54)cc3)C2C=C1. The molecule has 0 radical (unpaired) electrons. The van der Waals surface area contributed by atoms with Gasteiger partial charge in [0.2, 0.25) is 0 Å². The first-order valence-corrected chi connectivity index (χ1v) is 22.6. The molecule has 0 saturated carbocycles. The molecular weight excluding hydrogens is 777 g/mol. The van der Waals surface area contributed by atoms with E-state index in [-0.39, 0.29) is 0 Å². The monoisotopic (exact) mass is 818 g/mol. The van der Waals surface area contributed by atoms with Crippen LogP contribution in [0.15, 0.2) is 230 Å². The van der Waals surface area contributed by atoms with Crippen molar-refractivity contribution >= 4 is 71.1 Å². The van der Waals surface area contributed by atoms with Gasteiger partial charge < -0.3 is 18.6 Å². The second-order valence-corrected chi connectivity index (χ2v) is 17.5. The maximum Gasteiger partial charge on any atom is 0.0626 e. The van der Waals surface area contributed by atoms with Crippen LogP contribution in [0.4, 0.5) is 5.69 Å². The van der Waals surface area contributed by atoms with Crippen molar-refractivity contribution < 1.29 is 0 Å². The van der Waals surface area contributed by atoms with Crippen LogP contribution in [0.25, 0.3) is 93.6 Å². The van der Waals surface area contributed by atoms with E-state index in [0.29, 0.717) is 12.0 Å². The molecule has 2 aliphatic carbocycles. The molecule has 302 valence electrons. The minimum Gasteiger partial charge on any atom is -0.334 e. The summed E-state index contributed by atoms with van der Waals surface area (Å²) in [4.78, 5) is 2.56. The number of benzene rings is 8. The lowest BCUT2D eigenvalue weighted by Gasteiger charge is -2.30. The van der Waals surface area contributed by atoms with Gasteiger partial charge in [-0.05, 0) is 121 Å². The van der Waals surface area contributed by atoms with Gasteiger partial charge in [-0.1, -0.05) is 127 Å². The van der Waals surface area contributed by atoms with Crippen LogP contribution in [-0.4, -0.2) is 19.7 Å². The largest absolute Gasteiger partial charge is 0.334 e. The molecule has 0 spiro atoms. The van der Waals surface area contributed by atoms with Crippen molar-refractivity contribution in [3.63, 3.8) is 0 Å². The van der Waals surface area contributed by atoms with E-state index in [0.717, 1.165) is 24.2 Å². The molecule has 0 bridgehead atoms. The van der Waals surface area contributed by atoms with Crippen molar-refractivity contribution in [2.24, 2.45) is 5.92 Å². The van der Waals surface area contributed by atoms with Crippen LogP contribution in [0.2, 0.25) is 0 Å². The Balaban J connectivity index is 0.941. The molecule has 3 aliphatic rings. The maximum atomic E-state index is 2.56. The molecule has 2 unspecified atom stereocenters. The highest BCUT2D eigenvalue weighted by molar-refractivity contribution is 6.22. The fourth-order valence-electron chi connectivity index (χ4n) is 11.6. The Hall–Kier alpha value is -8.08. The standard InChI is InChI=1S/C60H42N4/c1-2-16-39(17-3-1)61-53-27-11-6-20-45(53)50-38-42(36-37-56(50)61)64-55-29-13-8-22-49(55)60-47(24-15-31-58(60)64)46-23-14-30-57-59(46)48-21-7-12-28-54(48)63(57)41-34-32-40(33-35-41)62-51-25-9-4-18-43(51)44-19-5-10-26-52(44)62/h1-4,6-18,20-38,43,51H,5,19H2. The van der Waals surface area contributed by atoms with Gasteiger partial charge in [0.15, 0.2) is 0 Å². The zero-order valence-electron chi connectivity index (χ0n) is 35.1. The fraction of sp³-hybridized carbons (Fsp3) is 0.0667. The lowest BCUT2D eigenvalue weighted by atomic mass is 9.87. The van der Waals surface area contributed by atoms with Crippen molar-refractivity contribution in [3.05, 3.63) is 230 Å². The Morgan fingerprint density at radius 1 is 0.391 bits per heavy atom.